The molecule has 2 aliphatic rings. The molecule has 2 fully saturated rings. The van der Waals surface area contributed by atoms with Crippen molar-refractivity contribution in [3.63, 3.8) is 0 Å². The molecule has 0 spiro atoms. The Balaban J connectivity index is 2.20. The summed E-state index contributed by atoms with van der Waals surface area (Å²) in [5, 5.41) is 21.7. The molecule has 4 atom stereocenters. The number of aliphatic hydroxyl groups is 2. The molecule has 0 unspecified atom stereocenters. The van der Waals surface area contributed by atoms with Gasteiger partial charge in [-0.3, -0.25) is 0 Å². The summed E-state index contributed by atoms with van der Waals surface area (Å²) in [6.45, 7) is 12.9. The third kappa shape index (κ3) is 3.16. The average Bonchev–Trinajstić information content (AvgIpc) is 2.89. The van der Waals surface area contributed by atoms with Crippen LogP contribution in [0.2, 0.25) is 0 Å². The first-order valence-electron chi connectivity index (χ1n) is 7.18. The maximum Gasteiger partial charge on any atom is 0.163 e. The van der Waals surface area contributed by atoms with E-state index in [2.05, 4.69) is 6.58 Å². The van der Waals surface area contributed by atoms with E-state index in [1.807, 2.05) is 0 Å². The number of ether oxygens (including phenoxy) is 4. The standard InChI is InChI=1S/C15H26O6/c1-9(2)15(17,11-8-19-14(5,6)21-11)12(16)10-7-18-13(3,4)20-10/h10-12,16-17H,1,7-8H2,2-6H3/t10-,11-,12-,15-/m1/s1. The Morgan fingerprint density at radius 2 is 1.67 bits per heavy atom. The lowest BCUT2D eigenvalue weighted by atomic mass is 9.82. The van der Waals surface area contributed by atoms with Gasteiger partial charge in [-0.05, 0) is 40.2 Å². The molecule has 0 aromatic carbocycles. The van der Waals surface area contributed by atoms with Crippen LogP contribution in [0.1, 0.15) is 34.6 Å². The fraction of sp³-hybridized carbons (Fsp3) is 0.867. The molecule has 0 amide bonds. The topological polar surface area (TPSA) is 77.4 Å². The van der Waals surface area contributed by atoms with E-state index in [1.165, 1.54) is 0 Å². The van der Waals surface area contributed by atoms with Crippen molar-refractivity contribution in [1.29, 1.82) is 0 Å². The zero-order valence-electron chi connectivity index (χ0n) is 13.4. The van der Waals surface area contributed by atoms with Crippen LogP contribution in [-0.4, -0.2) is 58.9 Å². The third-order valence-corrected chi connectivity index (χ3v) is 4.02. The van der Waals surface area contributed by atoms with Gasteiger partial charge in [0.2, 0.25) is 0 Å². The van der Waals surface area contributed by atoms with Crippen molar-refractivity contribution in [3.8, 4) is 0 Å². The first-order chi connectivity index (χ1) is 9.48. The van der Waals surface area contributed by atoms with Crippen LogP contribution in [0.4, 0.5) is 0 Å². The lowest BCUT2D eigenvalue weighted by Crippen LogP contribution is -2.59. The molecule has 0 radical (unpaired) electrons. The monoisotopic (exact) mass is 302 g/mol. The minimum absolute atomic E-state index is 0.171. The van der Waals surface area contributed by atoms with Crippen molar-refractivity contribution >= 4 is 0 Å². The van der Waals surface area contributed by atoms with Crippen molar-refractivity contribution < 1.29 is 29.2 Å². The summed E-state index contributed by atoms with van der Waals surface area (Å²) in [6, 6.07) is 0. The van der Waals surface area contributed by atoms with Gasteiger partial charge in [0.15, 0.2) is 11.6 Å². The first-order valence-corrected chi connectivity index (χ1v) is 7.18. The van der Waals surface area contributed by atoms with Crippen LogP contribution < -0.4 is 0 Å². The van der Waals surface area contributed by atoms with Gasteiger partial charge in [0.25, 0.3) is 0 Å². The maximum atomic E-state index is 11.0. The van der Waals surface area contributed by atoms with Gasteiger partial charge in [-0.2, -0.15) is 0 Å². The molecule has 2 rings (SSSR count). The highest BCUT2D eigenvalue weighted by molar-refractivity contribution is 5.19. The van der Waals surface area contributed by atoms with E-state index in [1.54, 1.807) is 34.6 Å². The fourth-order valence-electron chi connectivity index (χ4n) is 2.78. The Kier molecular flexibility index (Phi) is 4.25. The van der Waals surface area contributed by atoms with Crippen molar-refractivity contribution in [2.75, 3.05) is 13.2 Å². The predicted octanol–water partition coefficient (Wildman–Crippen LogP) is 0.957. The molecule has 122 valence electrons. The van der Waals surface area contributed by atoms with Crippen LogP contribution in [0.3, 0.4) is 0 Å². The molecule has 0 saturated carbocycles. The first kappa shape index (κ1) is 16.9. The van der Waals surface area contributed by atoms with E-state index in [4.69, 9.17) is 18.9 Å². The van der Waals surface area contributed by atoms with E-state index in [9.17, 15) is 10.2 Å². The van der Waals surface area contributed by atoms with Gasteiger partial charge in [-0.1, -0.05) is 6.58 Å². The highest BCUT2D eigenvalue weighted by Crippen LogP contribution is 2.38. The molecule has 0 aliphatic carbocycles. The molecule has 0 aromatic heterocycles. The van der Waals surface area contributed by atoms with Gasteiger partial charge in [-0.15, -0.1) is 0 Å². The van der Waals surface area contributed by atoms with Crippen LogP contribution in [0, 0.1) is 0 Å². The highest BCUT2D eigenvalue weighted by atomic mass is 16.8. The zero-order chi connectivity index (χ0) is 16.1. The summed E-state index contributed by atoms with van der Waals surface area (Å²) in [7, 11) is 0. The van der Waals surface area contributed by atoms with E-state index < -0.39 is 35.5 Å². The third-order valence-electron chi connectivity index (χ3n) is 4.02. The van der Waals surface area contributed by atoms with Crippen LogP contribution in [0.25, 0.3) is 0 Å². The minimum atomic E-state index is -1.66. The van der Waals surface area contributed by atoms with Crippen LogP contribution >= 0.6 is 0 Å². The lowest BCUT2D eigenvalue weighted by Gasteiger charge is -2.39. The van der Waals surface area contributed by atoms with Crippen molar-refractivity contribution in [2.24, 2.45) is 0 Å². The Labute approximate surface area is 125 Å². The van der Waals surface area contributed by atoms with Crippen molar-refractivity contribution in [1.82, 2.24) is 0 Å². The van der Waals surface area contributed by atoms with Crippen LogP contribution in [0.15, 0.2) is 12.2 Å². The second-order valence-electron chi connectivity index (χ2n) is 6.73. The summed E-state index contributed by atoms with van der Waals surface area (Å²) >= 11 is 0. The Hall–Kier alpha value is -0.500. The number of hydrogen-bond donors (Lipinski definition) is 2. The molecule has 2 heterocycles. The molecule has 0 bridgehead atoms. The largest absolute Gasteiger partial charge is 0.387 e. The smallest absolute Gasteiger partial charge is 0.163 e. The number of aliphatic hydroxyl groups excluding tert-OH is 1. The highest BCUT2D eigenvalue weighted by Gasteiger charge is 2.55. The predicted molar refractivity (Wildman–Crippen MR) is 75.6 cm³/mol. The van der Waals surface area contributed by atoms with Gasteiger partial charge < -0.3 is 29.2 Å². The van der Waals surface area contributed by atoms with Gasteiger partial charge >= 0.3 is 0 Å². The molecule has 6 nitrogen and oxygen atoms in total. The normalized spacial score (nSPS) is 35.4. The van der Waals surface area contributed by atoms with Gasteiger partial charge in [-0.25, -0.2) is 0 Å². The second-order valence-corrected chi connectivity index (χ2v) is 6.73. The van der Waals surface area contributed by atoms with Crippen LogP contribution in [0.5, 0.6) is 0 Å². The minimum Gasteiger partial charge on any atom is -0.387 e. The lowest BCUT2D eigenvalue weighted by molar-refractivity contribution is -0.207. The summed E-state index contributed by atoms with van der Waals surface area (Å²) in [5.41, 5.74) is -1.27. The summed E-state index contributed by atoms with van der Waals surface area (Å²) in [5.74, 6) is -1.59. The SMILES string of the molecule is C=C(C)[C@](O)([C@H](O)[C@H]1COC(C)(C)O1)[C@H]1COC(C)(C)O1. The fourth-order valence-corrected chi connectivity index (χ4v) is 2.78. The van der Waals surface area contributed by atoms with Gasteiger partial charge in [0.1, 0.15) is 23.9 Å². The average molecular weight is 302 g/mol. The van der Waals surface area contributed by atoms with Crippen molar-refractivity contribution in [3.05, 3.63) is 12.2 Å². The van der Waals surface area contributed by atoms with E-state index >= 15 is 0 Å². The molecular formula is C15H26O6. The van der Waals surface area contributed by atoms with E-state index in [-0.39, 0.29) is 13.2 Å². The molecule has 2 saturated heterocycles. The van der Waals surface area contributed by atoms with Gasteiger partial charge in [0, 0.05) is 0 Å². The quantitative estimate of drug-likeness (QED) is 0.753. The molecule has 2 aliphatic heterocycles. The second kappa shape index (κ2) is 5.30. The summed E-state index contributed by atoms with van der Waals surface area (Å²) in [6.07, 6.45) is -2.60. The van der Waals surface area contributed by atoms with Crippen molar-refractivity contribution in [2.45, 2.75) is 70.1 Å². The maximum absolute atomic E-state index is 11.0. The summed E-state index contributed by atoms with van der Waals surface area (Å²) in [4.78, 5) is 0. The molecule has 6 heteroatoms. The van der Waals surface area contributed by atoms with E-state index in [0.29, 0.717) is 5.57 Å². The molecule has 0 aromatic rings. The molecule has 2 N–H and O–H groups in total. The number of hydrogen-bond acceptors (Lipinski definition) is 6. The molecular weight excluding hydrogens is 276 g/mol. The Morgan fingerprint density at radius 3 is 2.05 bits per heavy atom. The summed E-state index contributed by atoms with van der Waals surface area (Å²) < 4.78 is 22.3. The Morgan fingerprint density at radius 1 is 1.14 bits per heavy atom. The number of rotatable bonds is 4. The van der Waals surface area contributed by atoms with E-state index in [0.717, 1.165) is 0 Å². The molecule has 21 heavy (non-hydrogen) atoms. The van der Waals surface area contributed by atoms with Gasteiger partial charge in [0.05, 0.1) is 13.2 Å². The van der Waals surface area contributed by atoms with Crippen LogP contribution in [-0.2, 0) is 18.9 Å². The Bertz CT molecular complexity index is 418. The zero-order valence-corrected chi connectivity index (χ0v) is 13.4.